The highest BCUT2D eigenvalue weighted by molar-refractivity contribution is 6.00. The van der Waals surface area contributed by atoms with Crippen molar-refractivity contribution in [1.82, 2.24) is 10.2 Å². The number of nitrogens with one attached hydrogen (secondary N) is 1. The van der Waals surface area contributed by atoms with Gasteiger partial charge in [0.1, 0.15) is 5.78 Å². The molecule has 0 bridgehead atoms. The van der Waals surface area contributed by atoms with E-state index in [0.717, 1.165) is 36.7 Å². The highest BCUT2D eigenvalue weighted by atomic mass is 16.2. The fraction of sp³-hybridized carbons (Fsp3) is 0.609. The van der Waals surface area contributed by atoms with E-state index in [0.29, 0.717) is 30.4 Å². The van der Waals surface area contributed by atoms with Crippen molar-refractivity contribution in [3.05, 3.63) is 29.3 Å². The summed E-state index contributed by atoms with van der Waals surface area (Å²) >= 11 is 0. The van der Waals surface area contributed by atoms with Gasteiger partial charge in [-0.15, -0.1) is 0 Å². The maximum Gasteiger partial charge on any atom is 0.324 e. The van der Waals surface area contributed by atoms with Crippen LogP contribution in [0, 0.1) is 17.8 Å². The Kier molecular flexibility index (Phi) is 4.60. The molecule has 3 amide bonds. The molecule has 3 fully saturated rings. The molecule has 2 aliphatic heterocycles. The molecule has 2 aliphatic carbocycles. The number of nitrogens with zero attached hydrogens (tertiary/aromatic N) is 2. The van der Waals surface area contributed by atoms with Gasteiger partial charge in [-0.25, -0.2) is 4.79 Å². The SMILES string of the molecule is C[C@H]1CC(=O)Cc2cc(C(=O)NCCC3CC3)ccc2N1C(=O)N1CC2CC2C1. The quantitative estimate of drug-likeness (QED) is 0.852. The van der Waals surface area contributed by atoms with Crippen molar-refractivity contribution < 1.29 is 14.4 Å². The average Bonchev–Trinajstić information content (AvgIpc) is 3.61. The van der Waals surface area contributed by atoms with Crippen molar-refractivity contribution in [2.45, 2.75) is 51.5 Å². The van der Waals surface area contributed by atoms with Gasteiger partial charge in [0, 0.05) is 49.8 Å². The molecule has 6 nitrogen and oxygen atoms in total. The molecule has 0 aromatic heterocycles. The topological polar surface area (TPSA) is 69.7 Å². The van der Waals surface area contributed by atoms with Crippen LogP contribution in [0.3, 0.4) is 0 Å². The molecule has 2 saturated carbocycles. The van der Waals surface area contributed by atoms with Gasteiger partial charge in [0.25, 0.3) is 5.91 Å². The first-order valence-electron chi connectivity index (χ1n) is 11.0. The summed E-state index contributed by atoms with van der Waals surface area (Å²) in [5.74, 6) is 2.13. The molecular weight excluding hydrogens is 366 g/mol. The number of hydrogen-bond acceptors (Lipinski definition) is 3. The summed E-state index contributed by atoms with van der Waals surface area (Å²) in [6, 6.07) is 5.28. The molecule has 0 radical (unpaired) electrons. The smallest absolute Gasteiger partial charge is 0.324 e. The van der Waals surface area contributed by atoms with Gasteiger partial charge in [-0.05, 0) is 61.3 Å². The second-order valence-electron chi connectivity index (χ2n) is 9.41. The largest absolute Gasteiger partial charge is 0.352 e. The van der Waals surface area contributed by atoms with Gasteiger partial charge in [0.2, 0.25) is 0 Å². The third kappa shape index (κ3) is 3.77. The molecule has 1 N–H and O–H groups in total. The molecule has 0 spiro atoms. The predicted molar refractivity (Wildman–Crippen MR) is 110 cm³/mol. The lowest BCUT2D eigenvalue weighted by molar-refractivity contribution is -0.118. The summed E-state index contributed by atoms with van der Waals surface area (Å²) in [6.45, 7) is 4.30. The number of ketones is 1. The fourth-order valence-electron chi connectivity index (χ4n) is 4.94. The van der Waals surface area contributed by atoms with Gasteiger partial charge in [-0.2, -0.15) is 0 Å². The standard InChI is InChI=1S/C23H29N3O3/c1-14-8-20(27)11-17-9-16(22(28)24-7-6-15-2-3-15)4-5-21(17)26(14)23(29)25-12-18-10-19(18)13-25/h4-5,9,14-15,18-19H,2-3,6-8,10-13H2,1H3,(H,24,28)/t14-,18?,19?/m0/s1. The number of Topliss-reactive ketones (excluding diaryl/α,β-unsaturated/α-hetero) is 1. The van der Waals surface area contributed by atoms with E-state index in [1.165, 1.54) is 19.3 Å². The molecule has 29 heavy (non-hydrogen) atoms. The van der Waals surface area contributed by atoms with Gasteiger partial charge in [-0.1, -0.05) is 12.8 Å². The zero-order valence-corrected chi connectivity index (χ0v) is 17.0. The van der Waals surface area contributed by atoms with E-state index in [2.05, 4.69) is 5.32 Å². The van der Waals surface area contributed by atoms with Crippen molar-refractivity contribution in [3.63, 3.8) is 0 Å². The lowest BCUT2D eigenvalue weighted by atomic mass is 10.0. The summed E-state index contributed by atoms with van der Waals surface area (Å²) in [6.07, 6.45) is 5.46. The van der Waals surface area contributed by atoms with Gasteiger partial charge < -0.3 is 10.2 Å². The highest BCUT2D eigenvalue weighted by Crippen LogP contribution is 2.45. The number of fused-ring (bicyclic) bond motifs is 2. The summed E-state index contributed by atoms with van der Waals surface area (Å²) in [5.41, 5.74) is 2.13. The number of piperidine rings is 1. The maximum absolute atomic E-state index is 13.3. The molecule has 2 heterocycles. The van der Waals surface area contributed by atoms with Crippen LogP contribution < -0.4 is 10.2 Å². The van der Waals surface area contributed by atoms with Gasteiger partial charge in [0.05, 0.1) is 0 Å². The molecule has 154 valence electrons. The van der Waals surface area contributed by atoms with Crippen LogP contribution in [-0.2, 0) is 11.2 Å². The monoisotopic (exact) mass is 395 g/mol. The first kappa shape index (κ1) is 18.6. The van der Waals surface area contributed by atoms with Crippen LogP contribution in [0.15, 0.2) is 18.2 Å². The van der Waals surface area contributed by atoms with E-state index in [9.17, 15) is 14.4 Å². The van der Waals surface area contributed by atoms with E-state index >= 15 is 0 Å². The van der Waals surface area contributed by atoms with Gasteiger partial charge in [0.15, 0.2) is 0 Å². The van der Waals surface area contributed by atoms with Crippen molar-refractivity contribution >= 4 is 23.4 Å². The van der Waals surface area contributed by atoms with E-state index in [1.54, 1.807) is 17.0 Å². The molecule has 1 saturated heterocycles. The molecule has 2 unspecified atom stereocenters. The molecule has 1 aromatic rings. The minimum Gasteiger partial charge on any atom is -0.352 e. The van der Waals surface area contributed by atoms with E-state index < -0.39 is 0 Å². The fourth-order valence-corrected chi connectivity index (χ4v) is 4.94. The van der Waals surface area contributed by atoms with Crippen LogP contribution in [-0.4, -0.2) is 48.3 Å². The second kappa shape index (κ2) is 7.15. The van der Waals surface area contributed by atoms with Gasteiger partial charge >= 0.3 is 6.03 Å². The number of benzene rings is 1. The van der Waals surface area contributed by atoms with Crippen LogP contribution in [0.2, 0.25) is 0 Å². The molecule has 3 atom stereocenters. The number of urea groups is 1. The van der Waals surface area contributed by atoms with Crippen molar-refractivity contribution in [1.29, 1.82) is 0 Å². The van der Waals surface area contributed by atoms with E-state index in [4.69, 9.17) is 0 Å². The van der Waals surface area contributed by atoms with Crippen molar-refractivity contribution in [2.75, 3.05) is 24.5 Å². The average molecular weight is 396 g/mol. The summed E-state index contributed by atoms with van der Waals surface area (Å²) < 4.78 is 0. The Morgan fingerprint density at radius 3 is 2.66 bits per heavy atom. The van der Waals surface area contributed by atoms with Crippen molar-refractivity contribution in [3.8, 4) is 0 Å². The summed E-state index contributed by atoms with van der Waals surface area (Å²) in [4.78, 5) is 42.1. The number of carbonyl (C=O) groups excluding carboxylic acids is 3. The first-order chi connectivity index (χ1) is 14.0. The van der Waals surface area contributed by atoms with Crippen LogP contribution in [0.4, 0.5) is 10.5 Å². The second-order valence-corrected chi connectivity index (χ2v) is 9.41. The van der Waals surface area contributed by atoms with Crippen LogP contribution in [0.25, 0.3) is 0 Å². The Labute approximate surface area is 171 Å². The molecule has 5 rings (SSSR count). The number of carbonyl (C=O) groups is 3. The van der Waals surface area contributed by atoms with Crippen LogP contribution in [0.1, 0.15) is 54.9 Å². The minimum absolute atomic E-state index is 0.00212. The lowest BCUT2D eigenvalue weighted by Crippen LogP contribution is -2.47. The van der Waals surface area contributed by atoms with Crippen LogP contribution >= 0.6 is 0 Å². The highest BCUT2D eigenvalue weighted by Gasteiger charge is 2.48. The number of rotatable bonds is 4. The Morgan fingerprint density at radius 2 is 1.93 bits per heavy atom. The Hall–Kier alpha value is -2.37. The molecule has 6 heteroatoms. The van der Waals surface area contributed by atoms with Crippen LogP contribution in [0.5, 0.6) is 0 Å². The number of amides is 3. The predicted octanol–water partition coefficient (Wildman–Crippen LogP) is 3.00. The van der Waals surface area contributed by atoms with Crippen molar-refractivity contribution in [2.24, 2.45) is 17.8 Å². The minimum atomic E-state index is -0.175. The molecule has 4 aliphatic rings. The zero-order chi connectivity index (χ0) is 20.1. The first-order valence-corrected chi connectivity index (χ1v) is 11.0. The lowest BCUT2D eigenvalue weighted by Gasteiger charge is -2.33. The number of anilines is 1. The summed E-state index contributed by atoms with van der Waals surface area (Å²) in [7, 11) is 0. The normalized spacial score (nSPS) is 27.9. The molecule has 1 aromatic carbocycles. The Morgan fingerprint density at radius 1 is 1.17 bits per heavy atom. The Bertz CT molecular complexity index is 853. The van der Waals surface area contributed by atoms with E-state index in [-0.39, 0.29) is 30.2 Å². The molecular formula is C23H29N3O3. The van der Waals surface area contributed by atoms with E-state index in [1.807, 2.05) is 17.9 Å². The maximum atomic E-state index is 13.3. The number of likely N-dealkylation sites (tertiary alicyclic amines) is 1. The van der Waals surface area contributed by atoms with Gasteiger partial charge in [-0.3, -0.25) is 14.5 Å². The third-order valence-corrected chi connectivity index (χ3v) is 6.94. The number of hydrogen-bond donors (Lipinski definition) is 1. The summed E-state index contributed by atoms with van der Waals surface area (Å²) in [5, 5.41) is 2.99. The Balaban J connectivity index is 1.37. The zero-order valence-electron chi connectivity index (χ0n) is 17.0. The third-order valence-electron chi connectivity index (χ3n) is 6.94.